The van der Waals surface area contributed by atoms with Gasteiger partial charge in [-0.2, -0.15) is 5.10 Å². The van der Waals surface area contributed by atoms with Gasteiger partial charge in [-0.15, -0.1) is 0 Å². The number of nitrogens with two attached hydrogens (primary N) is 1. The average molecular weight is 515 g/mol. The first-order chi connectivity index (χ1) is 17.4. The monoisotopic (exact) mass is 514 g/mol. The number of aromatic amines is 1. The number of nitrogens with zero attached hydrogens (tertiary/aromatic N) is 2. The normalized spacial score (nSPS) is 48.6. The predicted molar refractivity (Wildman–Crippen MR) is 136 cm³/mol. The van der Waals surface area contributed by atoms with E-state index in [0.29, 0.717) is 31.5 Å². The number of hydrogen-bond donors (Lipinski definition) is 4. The molecule has 5 N–H and O–H groups in total. The number of alkyl halides is 2. The van der Waals surface area contributed by atoms with E-state index in [0.717, 1.165) is 22.0 Å². The molecule has 3 aliphatic carbocycles. The summed E-state index contributed by atoms with van der Waals surface area (Å²) in [6, 6.07) is 5.60. The summed E-state index contributed by atoms with van der Waals surface area (Å²) < 4.78 is 40.9. The summed E-state index contributed by atoms with van der Waals surface area (Å²) in [4.78, 5) is 1.81. The van der Waals surface area contributed by atoms with Crippen LogP contribution in [0.15, 0.2) is 24.3 Å². The highest BCUT2D eigenvalue weighted by Crippen LogP contribution is 2.74. The maximum absolute atomic E-state index is 17.2. The van der Waals surface area contributed by atoms with Crippen LogP contribution in [0.3, 0.4) is 0 Å². The zero-order valence-corrected chi connectivity index (χ0v) is 21.6. The number of ether oxygens (including phenoxy) is 1. The van der Waals surface area contributed by atoms with Crippen LogP contribution < -0.4 is 5.73 Å². The van der Waals surface area contributed by atoms with Crippen molar-refractivity contribution in [2.45, 2.75) is 92.7 Å². The minimum Gasteiger partial charge on any atom is -0.389 e. The molecule has 0 radical (unpaired) electrons. The van der Waals surface area contributed by atoms with Gasteiger partial charge in [0, 0.05) is 23.8 Å². The molecule has 9 atom stereocenters. The van der Waals surface area contributed by atoms with Crippen molar-refractivity contribution in [3.05, 3.63) is 29.8 Å². The summed E-state index contributed by atoms with van der Waals surface area (Å²) in [7, 11) is 3.62. The van der Waals surface area contributed by atoms with E-state index in [1.807, 2.05) is 31.1 Å². The molecular formula is C28H36F2N4O3. The van der Waals surface area contributed by atoms with Gasteiger partial charge in [-0.05, 0) is 81.3 Å². The molecule has 9 heteroatoms. The van der Waals surface area contributed by atoms with E-state index in [9.17, 15) is 10.2 Å². The van der Waals surface area contributed by atoms with Gasteiger partial charge in [-0.25, -0.2) is 8.78 Å². The standard InChI is InChI=1S/C28H36F2N4O3/c1-24-8-9-25(29)14-27(30)22(36)21(35)19(34(2)3)13-26(27)10-11-28(25,37-26)20(24)7-6-17(24)15-4-5-16-18(12-15)32-33-23(16)31/h4-6,12,19-22,35-36H,7-11,13-14H2,1-3H3,(H3,31,32,33). The molecule has 2 bridgehead atoms. The summed E-state index contributed by atoms with van der Waals surface area (Å²) in [6.07, 6.45) is 1.11. The van der Waals surface area contributed by atoms with Gasteiger partial charge in [0.25, 0.3) is 0 Å². The Morgan fingerprint density at radius 1 is 1.16 bits per heavy atom. The van der Waals surface area contributed by atoms with E-state index in [2.05, 4.69) is 29.3 Å². The van der Waals surface area contributed by atoms with Gasteiger partial charge in [0.05, 0.1) is 11.6 Å². The Morgan fingerprint density at radius 2 is 1.95 bits per heavy atom. The molecule has 0 amide bonds. The maximum Gasteiger partial charge on any atom is 0.171 e. The van der Waals surface area contributed by atoms with Crippen molar-refractivity contribution in [3.63, 3.8) is 0 Å². The number of benzene rings is 1. The molecule has 37 heavy (non-hydrogen) atoms. The van der Waals surface area contributed by atoms with Gasteiger partial charge >= 0.3 is 0 Å². The molecule has 7 nitrogen and oxygen atoms in total. The number of halogens is 2. The molecular weight excluding hydrogens is 478 g/mol. The molecule has 2 saturated heterocycles. The Kier molecular flexibility index (Phi) is 4.61. The van der Waals surface area contributed by atoms with E-state index >= 15 is 8.78 Å². The fraction of sp³-hybridized carbons (Fsp3) is 0.679. The lowest BCUT2D eigenvalue weighted by Gasteiger charge is -2.65. The zero-order chi connectivity index (χ0) is 26.2. The summed E-state index contributed by atoms with van der Waals surface area (Å²) >= 11 is 0. The number of hydrogen-bond acceptors (Lipinski definition) is 6. The molecule has 2 aliphatic heterocycles. The highest BCUT2D eigenvalue weighted by atomic mass is 19.2. The van der Waals surface area contributed by atoms with Gasteiger partial charge in [0.2, 0.25) is 0 Å². The zero-order valence-electron chi connectivity index (χ0n) is 21.6. The van der Waals surface area contributed by atoms with E-state index in [1.165, 1.54) is 0 Å². The van der Waals surface area contributed by atoms with Crippen molar-refractivity contribution in [2.24, 2.45) is 11.3 Å². The summed E-state index contributed by atoms with van der Waals surface area (Å²) in [5.74, 6) is 0.309. The molecule has 7 rings (SSSR count). The molecule has 2 saturated carbocycles. The van der Waals surface area contributed by atoms with E-state index < -0.39 is 47.2 Å². The van der Waals surface area contributed by atoms with Crippen LogP contribution in [0.1, 0.15) is 57.4 Å². The Balaban J connectivity index is 1.29. The molecule has 4 fully saturated rings. The number of fused-ring (bicyclic) bond motifs is 2. The Bertz CT molecular complexity index is 1330. The largest absolute Gasteiger partial charge is 0.389 e. The third-order valence-electron chi connectivity index (χ3n) is 11.2. The van der Waals surface area contributed by atoms with Crippen molar-refractivity contribution >= 4 is 22.3 Å². The summed E-state index contributed by atoms with van der Waals surface area (Å²) in [5.41, 5.74) is 2.01. The minimum absolute atomic E-state index is 0.151. The van der Waals surface area contributed by atoms with Crippen LogP contribution in [-0.4, -0.2) is 80.2 Å². The van der Waals surface area contributed by atoms with Crippen LogP contribution in [0.25, 0.3) is 16.5 Å². The number of aliphatic hydroxyl groups excluding tert-OH is 2. The number of likely N-dealkylation sites (N-methyl/N-ethyl adjacent to an activating group) is 1. The number of anilines is 1. The quantitative estimate of drug-likeness (QED) is 0.489. The van der Waals surface area contributed by atoms with Gasteiger partial charge in [0.1, 0.15) is 23.0 Å². The highest BCUT2D eigenvalue weighted by molar-refractivity contribution is 5.91. The SMILES string of the molecule is CN(C)C1CC23CCC4(O2)C2CC=C(c5ccc6c(N)n[nH]c6c5)C2(C)CCC4(F)CC3(F)C(O)C1O. The van der Waals surface area contributed by atoms with Crippen molar-refractivity contribution in [2.75, 3.05) is 19.8 Å². The number of nitrogens with one attached hydrogen (secondary N) is 1. The topological polar surface area (TPSA) is 108 Å². The van der Waals surface area contributed by atoms with Gasteiger partial charge in [0.15, 0.2) is 11.5 Å². The van der Waals surface area contributed by atoms with Gasteiger partial charge in [-0.3, -0.25) is 5.10 Å². The maximum atomic E-state index is 17.2. The number of aliphatic hydroxyl groups is 2. The average Bonchev–Trinajstić information content (AvgIpc) is 3.52. The first kappa shape index (κ1) is 24.0. The predicted octanol–water partition coefficient (Wildman–Crippen LogP) is 3.51. The minimum atomic E-state index is -2.33. The fourth-order valence-corrected chi connectivity index (χ4v) is 9.18. The van der Waals surface area contributed by atoms with Gasteiger partial charge < -0.3 is 25.6 Å². The molecule has 2 aromatic rings. The Morgan fingerprint density at radius 3 is 2.70 bits per heavy atom. The van der Waals surface area contributed by atoms with Crippen molar-refractivity contribution in [3.8, 4) is 0 Å². The Labute approximate surface area is 215 Å². The summed E-state index contributed by atoms with van der Waals surface area (Å²) in [6.45, 7) is 2.20. The van der Waals surface area contributed by atoms with Crippen molar-refractivity contribution in [1.82, 2.24) is 15.1 Å². The van der Waals surface area contributed by atoms with Crippen molar-refractivity contribution < 1.29 is 23.7 Å². The first-order valence-corrected chi connectivity index (χ1v) is 13.5. The molecule has 200 valence electrons. The fourth-order valence-electron chi connectivity index (χ4n) is 9.18. The van der Waals surface area contributed by atoms with E-state index in [-0.39, 0.29) is 24.2 Å². The first-order valence-electron chi connectivity index (χ1n) is 13.5. The van der Waals surface area contributed by atoms with Crippen LogP contribution in [0.2, 0.25) is 0 Å². The van der Waals surface area contributed by atoms with Crippen LogP contribution in [0.5, 0.6) is 0 Å². The number of nitrogen functional groups attached to an aromatic ring is 1. The molecule has 2 spiro atoms. The molecule has 1 aromatic carbocycles. The lowest BCUT2D eigenvalue weighted by atomic mass is 9.51. The molecule has 1 aromatic heterocycles. The van der Waals surface area contributed by atoms with E-state index in [4.69, 9.17) is 10.5 Å². The molecule has 9 unspecified atom stereocenters. The Hall–Kier alpha value is -2.07. The van der Waals surface area contributed by atoms with Crippen LogP contribution >= 0.6 is 0 Å². The van der Waals surface area contributed by atoms with Crippen molar-refractivity contribution in [1.29, 1.82) is 0 Å². The van der Waals surface area contributed by atoms with Crippen LogP contribution in [-0.2, 0) is 4.74 Å². The molecule has 5 aliphatic rings. The number of allylic oxidation sites excluding steroid dienone is 2. The third-order valence-corrected chi connectivity index (χ3v) is 11.2. The van der Waals surface area contributed by atoms with Gasteiger partial charge in [-0.1, -0.05) is 19.1 Å². The summed E-state index contributed by atoms with van der Waals surface area (Å²) in [5, 5.41) is 29.8. The number of H-pyrrole nitrogens is 1. The second-order valence-electron chi connectivity index (χ2n) is 12.9. The highest BCUT2D eigenvalue weighted by Gasteiger charge is 2.82. The lowest BCUT2D eigenvalue weighted by Crippen LogP contribution is -2.78. The number of rotatable bonds is 2. The lowest BCUT2D eigenvalue weighted by molar-refractivity contribution is -0.347. The second-order valence-corrected chi connectivity index (χ2v) is 12.9. The van der Waals surface area contributed by atoms with E-state index in [1.54, 1.807) is 0 Å². The number of aromatic nitrogens is 2. The van der Waals surface area contributed by atoms with Crippen LogP contribution in [0.4, 0.5) is 14.6 Å². The molecule has 3 heterocycles. The third kappa shape index (κ3) is 2.67. The smallest absolute Gasteiger partial charge is 0.171 e. The second kappa shape index (κ2) is 7.11. The van der Waals surface area contributed by atoms with Crippen LogP contribution in [0, 0.1) is 11.3 Å².